The molecule has 5 heteroatoms. The van der Waals surface area contributed by atoms with Gasteiger partial charge in [-0.3, -0.25) is 4.90 Å². The third-order valence-corrected chi connectivity index (χ3v) is 3.79. The summed E-state index contributed by atoms with van der Waals surface area (Å²) in [6, 6.07) is 11.0. The van der Waals surface area contributed by atoms with E-state index in [2.05, 4.69) is 58.8 Å². The van der Waals surface area contributed by atoms with Crippen LogP contribution in [0.3, 0.4) is 0 Å². The summed E-state index contributed by atoms with van der Waals surface area (Å²) in [5.41, 5.74) is 2.85. The van der Waals surface area contributed by atoms with Gasteiger partial charge in [0, 0.05) is 43.9 Å². The third kappa shape index (κ3) is 3.47. The Hall–Kier alpha value is -0.740. The Morgan fingerprint density at radius 3 is 2.60 bits per heavy atom. The molecule has 2 heterocycles. The third-order valence-electron chi connectivity index (χ3n) is 3.79. The highest BCUT2D eigenvalue weighted by Gasteiger charge is 2.17. The molecule has 0 spiro atoms. The molecule has 1 aliphatic rings. The number of nitrogens with zero attached hydrogens (tertiary/aromatic N) is 3. The van der Waals surface area contributed by atoms with Crippen LogP contribution in [-0.4, -0.2) is 48.1 Å². The molecule has 0 radical (unpaired) electrons. The van der Waals surface area contributed by atoms with E-state index in [0.29, 0.717) is 0 Å². The molecule has 0 N–H and O–H groups in total. The zero-order chi connectivity index (χ0) is 12.5. The topological polar surface area (TPSA) is 11.4 Å². The van der Waals surface area contributed by atoms with E-state index >= 15 is 0 Å². The standard InChI is InChI=1S/C15H21N3.2ClH/c1-16(2)7-8-17-9-10-18-14(12-17)11-13-5-3-4-6-15(13)18;;/h3-6,11H,7-10,12H2,1-2H3;2*1H. The lowest BCUT2D eigenvalue weighted by molar-refractivity contribution is 0.202. The second-order valence-electron chi connectivity index (χ2n) is 5.43. The first kappa shape index (κ1) is 17.3. The molecule has 20 heavy (non-hydrogen) atoms. The molecule has 0 unspecified atom stereocenters. The fourth-order valence-electron chi connectivity index (χ4n) is 2.74. The molecule has 0 bridgehead atoms. The summed E-state index contributed by atoms with van der Waals surface area (Å²) < 4.78 is 2.47. The van der Waals surface area contributed by atoms with Crippen molar-refractivity contribution in [3.63, 3.8) is 0 Å². The van der Waals surface area contributed by atoms with Crippen molar-refractivity contribution in [2.45, 2.75) is 13.1 Å². The van der Waals surface area contributed by atoms with Crippen molar-refractivity contribution in [1.29, 1.82) is 0 Å². The van der Waals surface area contributed by atoms with Crippen LogP contribution in [0.25, 0.3) is 10.9 Å². The van der Waals surface area contributed by atoms with Crippen molar-refractivity contribution < 1.29 is 0 Å². The number of fused-ring (bicyclic) bond motifs is 3. The summed E-state index contributed by atoms with van der Waals surface area (Å²) >= 11 is 0. The van der Waals surface area contributed by atoms with Gasteiger partial charge in [0.1, 0.15) is 0 Å². The summed E-state index contributed by atoms with van der Waals surface area (Å²) in [5, 5.41) is 1.38. The molecule has 0 aliphatic carbocycles. The van der Waals surface area contributed by atoms with E-state index in [1.807, 2.05) is 0 Å². The van der Waals surface area contributed by atoms with Crippen LogP contribution in [0.2, 0.25) is 0 Å². The summed E-state index contributed by atoms with van der Waals surface area (Å²) in [6.07, 6.45) is 0. The molecule has 0 amide bonds. The Morgan fingerprint density at radius 1 is 1.10 bits per heavy atom. The second-order valence-corrected chi connectivity index (χ2v) is 5.43. The first-order valence-corrected chi connectivity index (χ1v) is 6.68. The molecule has 1 aromatic heterocycles. The number of hydrogen-bond acceptors (Lipinski definition) is 2. The molecule has 1 aromatic carbocycles. The quantitative estimate of drug-likeness (QED) is 0.863. The number of benzene rings is 1. The Bertz CT molecular complexity index is 551. The molecule has 0 atom stereocenters. The summed E-state index contributed by atoms with van der Waals surface area (Å²) in [5.74, 6) is 0. The largest absolute Gasteiger partial charge is 0.342 e. The second kappa shape index (κ2) is 7.32. The van der Waals surface area contributed by atoms with Crippen molar-refractivity contribution in [3.05, 3.63) is 36.0 Å². The van der Waals surface area contributed by atoms with Crippen molar-refractivity contribution in [2.24, 2.45) is 0 Å². The van der Waals surface area contributed by atoms with Gasteiger partial charge in [0.15, 0.2) is 0 Å². The van der Waals surface area contributed by atoms with Crippen LogP contribution in [0.4, 0.5) is 0 Å². The SMILES string of the molecule is CN(C)CCN1CCn2c(cc3ccccc32)C1.Cl.Cl. The van der Waals surface area contributed by atoms with Gasteiger partial charge >= 0.3 is 0 Å². The maximum Gasteiger partial charge on any atom is 0.0483 e. The summed E-state index contributed by atoms with van der Waals surface area (Å²) in [6.45, 7) is 5.67. The summed E-state index contributed by atoms with van der Waals surface area (Å²) in [7, 11) is 4.28. The van der Waals surface area contributed by atoms with Crippen LogP contribution in [-0.2, 0) is 13.1 Å². The first-order chi connectivity index (χ1) is 8.74. The van der Waals surface area contributed by atoms with Crippen molar-refractivity contribution in [1.82, 2.24) is 14.4 Å². The minimum atomic E-state index is 0. The van der Waals surface area contributed by atoms with Crippen LogP contribution in [0.15, 0.2) is 30.3 Å². The van der Waals surface area contributed by atoms with Gasteiger partial charge in [0.05, 0.1) is 0 Å². The molecule has 3 nitrogen and oxygen atoms in total. The highest BCUT2D eigenvalue weighted by atomic mass is 35.5. The zero-order valence-electron chi connectivity index (χ0n) is 12.1. The molecule has 3 rings (SSSR count). The summed E-state index contributed by atoms with van der Waals surface area (Å²) in [4.78, 5) is 4.80. The molecule has 112 valence electrons. The fraction of sp³-hybridized carbons (Fsp3) is 0.467. The van der Waals surface area contributed by atoms with E-state index < -0.39 is 0 Å². The minimum Gasteiger partial charge on any atom is -0.342 e. The van der Waals surface area contributed by atoms with Gasteiger partial charge in [0.2, 0.25) is 0 Å². The molecular formula is C15H23Cl2N3. The van der Waals surface area contributed by atoms with Crippen LogP contribution < -0.4 is 0 Å². The first-order valence-electron chi connectivity index (χ1n) is 6.68. The Labute approximate surface area is 133 Å². The van der Waals surface area contributed by atoms with E-state index in [0.717, 1.165) is 26.2 Å². The lowest BCUT2D eigenvalue weighted by Crippen LogP contribution is -2.37. The van der Waals surface area contributed by atoms with E-state index in [-0.39, 0.29) is 24.8 Å². The van der Waals surface area contributed by atoms with Gasteiger partial charge in [-0.1, -0.05) is 18.2 Å². The number of rotatable bonds is 3. The molecule has 2 aromatic rings. The Balaban J connectivity index is 0.000001000. The van der Waals surface area contributed by atoms with Crippen LogP contribution in [0, 0.1) is 0 Å². The normalized spacial score (nSPS) is 14.8. The lowest BCUT2D eigenvalue weighted by Gasteiger charge is -2.29. The van der Waals surface area contributed by atoms with Crippen LogP contribution in [0.1, 0.15) is 5.69 Å². The van der Waals surface area contributed by atoms with Gasteiger partial charge in [-0.15, -0.1) is 24.8 Å². The van der Waals surface area contributed by atoms with Gasteiger partial charge in [-0.2, -0.15) is 0 Å². The number of para-hydroxylation sites is 1. The highest BCUT2D eigenvalue weighted by Crippen LogP contribution is 2.23. The number of aromatic nitrogens is 1. The molecule has 1 aliphatic heterocycles. The molecule has 0 fully saturated rings. The van der Waals surface area contributed by atoms with Crippen molar-refractivity contribution in [2.75, 3.05) is 33.7 Å². The van der Waals surface area contributed by atoms with Gasteiger partial charge < -0.3 is 9.47 Å². The lowest BCUT2D eigenvalue weighted by atomic mass is 10.2. The number of likely N-dealkylation sites (N-methyl/N-ethyl adjacent to an activating group) is 1. The smallest absolute Gasteiger partial charge is 0.0483 e. The zero-order valence-corrected chi connectivity index (χ0v) is 13.7. The maximum atomic E-state index is 2.55. The van der Waals surface area contributed by atoms with E-state index in [9.17, 15) is 0 Å². The Morgan fingerprint density at radius 2 is 1.85 bits per heavy atom. The van der Waals surface area contributed by atoms with Crippen molar-refractivity contribution >= 4 is 35.7 Å². The highest BCUT2D eigenvalue weighted by molar-refractivity contribution is 5.85. The van der Waals surface area contributed by atoms with Gasteiger partial charge in [0.25, 0.3) is 0 Å². The van der Waals surface area contributed by atoms with Gasteiger partial charge in [-0.05, 0) is 31.6 Å². The predicted molar refractivity (Wildman–Crippen MR) is 90.3 cm³/mol. The minimum absolute atomic E-state index is 0. The molecule has 0 saturated carbocycles. The van der Waals surface area contributed by atoms with E-state index in [1.54, 1.807) is 0 Å². The van der Waals surface area contributed by atoms with E-state index in [1.165, 1.54) is 23.1 Å². The average molecular weight is 316 g/mol. The number of halogens is 2. The van der Waals surface area contributed by atoms with Gasteiger partial charge in [-0.25, -0.2) is 0 Å². The number of hydrogen-bond donors (Lipinski definition) is 0. The van der Waals surface area contributed by atoms with Crippen LogP contribution in [0.5, 0.6) is 0 Å². The van der Waals surface area contributed by atoms with E-state index in [4.69, 9.17) is 0 Å². The molecular weight excluding hydrogens is 293 g/mol. The average Bonchev–Trinajstić information content (AvgIpc) is 2.73. The maximum absolute atomic E-state index is 2.55. The predicted octanol–water partition coefficient (Wildman–Crippen LogP) is 2.86. The Kier molecular flexibility index (Phi) is 6.34. The monoisotopic (exact) mass is 315 g/mol. The molecule has 0 saturated heterocycles. The fourth-order valence-corrected chi connectivity index (χ4v) is 2.74. The van der Waals surface area contributed by atoms with Crippen LogP contribution >= 0.6 is 24.8 Å². The van der Waals surface area contributed by atoms with Crippen molar-refractivity contribution in [3.8, 4) is 0 Å².